The highest BCUT2D eigenvalue weighted by Crippen LogP contribution is 2.58. The van der Waals surface area contributed by atoms with E-state index in [-0.39, 0.29) is 18.4 Å². The second-order valence-corrected chi connectivity index (χ2v) is 11.1. The summed E-state index contributed by atoms with van der Waals surface area (Å²) in [5.41, 5.74) is -0.567. The van der Waals surface area contributed by atoms with Crippen LogP contribution in [-0.2, 0) is 14.8 Å². The van der Waals surface area contributed by atoms with Gasteiger partial charge in [-0.15, -0.1) is 0 Å². The van der Waals surface area contributed by atoms with Crippen molar-refractivity contribution in [2.45, 2.75) is 19.3 Å². The number of hydrogen-bond donors (Lipinski definition) is 0. The normalized spacial score (nSPS) is 27.3. The first-order chi connectivity index (χ1) is 13.6. The number of likely N-dealkylation sites (tertiary alicyclic amines) is 2. The number of sulfonamides is 1. The van der Waals surface area contributed by atoms with Crippen LogP contribution in [0.25, 0.3) is 0 Å². The van der Waals surface area contributed by atoms with E-state index in [1.165, 1.54) is 10.6 Å². The Hall–Kier alpha value is -1.64. The summed E-state index contributed by atoms with van der Waals surface area (Å²) in [7, 11) is -1.61. The number of piperidine rings is 1. The molecule has 3 heterocycles. The van der Waals surface area contributed by atoms with Crippen LogP contribution in [0.1, 0.15) is 29.6 Å². The van der Waals surface area contributed by atoms with Gasteiger partial charge < -0.3 is 9.80 Å². The highest BCUT2D eigenvalue weighted by molar-refractivity contribution is 7.88. The molecule has 0 saturated carbocycles. The van der Waals surface area contributed by atoms with E-state index in [4.69, 9.17) is 11.6 Å². The van der Waals surface area contributed by atoms with E-state index >= 15 is 0 Å². The van der Waals surface area contributed by atoms with Crippen molar-refractivity contribution in [3.8, 4) is 0 Å². The van der Waals surface area contributed by atoms with E-state index in [9.17, 15) is 18.0 Å². The zero-order valence-electron chi connectivity index (χ0n) is 16.7. The van der Waals surface area contributed by atoms with Crippen molar-refractivity contribution in [3.05, 3.63) is 34.9 Å². The van der Waals surface area contributed by atoms with Crippen molar-refractivity contribution >= 4 is 33.4 Å². The van der Waals surface area contributed by atoms with Crippen molar-refractivity contribution in [3.63, 3.8) is 0 Å². The maximum Gasteiger partial charge on any atom is 0.253 e. The van der Waals surface area contributed by atoms with Crippen LogP contribution in [0.4, 0.5) is 0 Å². The topological polar surface area (TPSA) is 78.0 Å². The summed E-state index contributed by atoms with van der Waals surface area (Å²) in [6, 6.07) is 6.89. The van der Waals surface area contributed by atoms with E-state index in [2.05, 4.69) is 0 Å². The third-order valence-corrected chi connectivity index (χ3v) is 8.55. The Bertz CT molecular complexity index is 958. The van der Waals surface area contributed by atoms with Gasteiger partial charge in [-0.25, -0.2) is 12.7 Å². The third kappa shape index (κ3) is 3.25. The average Bonchev–Trinajstić information content (AvgIpc) is 3.15. The van der Waals surface area contributed by atoms with Crippen LogP contribution in [0.2, 0.25) is 5.02 Å². The predicted molar refractivity (Wildman–Crippen MR) is 110 cm³/mol. The molecule has 2 amide bonds. The number of fused-ring (bicyclic) bond motifs is 1. The van der Waals surface area contributed by atoms with E-state index < -0.39 is 20.9 Å². The molecule has 1 atom stereocenters. The van der Waals surface area contributed by atoms with Gasteiger partial charge in [0.2, 0.25) is 15.9 Å². The molecule has 1 unspecified atom stereocenters. The minimum Gasteiger partial charge on any atom is -0.345 e. The Kier molecular flexibility index (Phi) is 4.95. The van der Waals surface area contributed by atoms with E-state index in [0.717, 1.165) is 0 Å². The molecule has 1 aromatic carbocycles. The second kappa shape index (κ2) is 6.96. The molecule has 3 aliphatic rings. The SMILES string of the molecule is CN1CCC2(CN(S(C)(=O)=O)CC23CCN(C(=O)c2cccc(Cl)c2)CC3)C1=O. The first-order valence-electron chi connectivity index (χ1n) is 9.84. The molecule has 3 saturated heterocycles. The Balaban J connectivity index is 1.59. The van der Waals surface area contributed by atoms with E-state index in [0.29, 0.717) is 56.0 Å². The summed E-state index contributed by atoms with van der Waals surface area (Å²) in [5, 5.41) is 0.516. The zero-order valence-corrected chi connectivity index (χ0v) is 18.3. The van der Waals surface area contributed by atoms with Crippen LogP contribution >= 0.6 is 11.6 Å². The maximum atomic E-state index is 13.2. The van der Waals surface area contributed by atoms with Crippen molar-refractivity contribution in [1.82, 2.24) is 14.1 Å². The molecular formula is C20H26ClN3O4S. The molecule has 0 aliphatic carbocycles. The van der Waals surface area contributed by atoms with E-state index in [1.54, 1.807) is 41.1 Å². The summed E-state index contributed by atoms with van der Waals surface area (Å²) >= 11 is 6.02. The second-order valence-electron chi connectivity index (χ2n) is 8.67. The third-order valence-electron chi connectivity index (χ3n) is 7.12. The first-order valence-corrected chi connectivity index (χ1v) is 12.1. The molecule has 158 valence electrons. The Morgan fingerprint density at radius 2 is 1.79 bits per heavy atom. The first kappa shape index (κ1) is 20.6. The van der Waals surface area contributed by atoms with Crippen LogP contribution < -0.4 is 0 Å². The average molecular weight is 440 g/mol. The Labute approximate surface area is 176 Å². The van der Waals surface area contributed by atoms with Crippen molar-refractivity contribution < 1.29 is 18.0 Å². The largest absolute Gasteiger partial charge is 0.345 e. The minimum absolute atomic E-state index is 0.0401. The zero-order chi connectivity index (χ0) is 21.0. The molecule has 0 radical (unpaired) electrons. The monoisotopic (exact) mass is 439 g/mol. The molecule has 3 aliphatic heterocycles. The highest BCUT2D eigenvalue weighted by atomic mass is 35.5. The Morgan fingerprint density at radius 3 is 2.34 bits per heavy atom. The number of carbonyl (C=O) groups excluding carboxylic acids is 2. The van der Waals surface area contributed by atoms with Gasteiger partial charge in [-0.05, 0) is 37.5 Å². The molecular weight excluding hydrogens is 414 g/mol. The van der Waals surface area contributed by atoms with Gasteiger partial charge >= 0.3 is 0 Å². The predicted octanol–water partition coefficient (Wildman–Crippen LogP) is 1.69. The molecule has 3 fully saturated rings. The molecule has 0 aromatic heterocycles. The number of carbonyl (C=O) groups is 2. The smallest absolute Gasteiger partial charge is 0.253 e. The van der Waals surface area contributed by atoms with Crippen LogP contribution in [0.15, 0.2) is 24.3 Å². The van der Waals surface area contributed by atoms with Gasteiger partial charge in [0.1, 0.15) is 0 Å². The molecule has 7 nitrogen and oxygen atoms in total. The number of rotatable bonds is 2. The van der Waals surface area contributed by atoms with Gasteiger partial charge in [-0.2, -0.15) is 0 Å². The summed E-state index contributed by atoms with van der Waals surface area (Å²) in [6.07, 6.45) is 3.10. The number of halogens is 1. The van der Waals surface area contributed by atoms with Crippen LogP contribution in [0.5, 0.6) is 0 Å². The summed E-state index contributed by atoms with van der Waals surface area (Å²) in [5.74, 6) is -0.0394. The lowest BCUT2D eigenvalue weighted by Gasteiger charge is -2.46. The quantitative estimate of drug-likeness (QED) is 0.702. The number of benzene rings is 1. The lowest BCUT2D eigenvalue weighted by atomic mass is 9.60. The molecule has 9 heteroatoms. The fraction of sp³-hybridized carbons (Fsp3) is 0.600. The molecule has 29 heavy (non-hydrogen) atoms. The molecule has 2 spiro atoms. The molecule has 0 bridgehead atoms. The lowest BCUT2D eigenvalue weighted by Crippen LogP contribution is -2.53. The molecule has 0 N–H and O–H groups in total. The lowest BCUT2D eigenvalue weighted by molar-refractivity contribution is -0.141. The molecule has 1 aromatic rings. The van der Waals surface area contributed by atoms with Gasteiger partial charge in [-0.1, -0.05) is 17.7 Å². The number of nitrogens with zero attached hydrogens (tertiary/aromatic N) is 3. The van der Waals surface area contributed by atoms with Crippen LogP contribution in [-0.4, -0.2) is 80.4 Å². The molecule has 4 rings (SSSR count). The van der Waals surface area contributed by atoms with Crippen molar-refractivity contribution in [1.29, 1.82) is 0 Å². The van der Waals surface area contributed by atoms with Gasteiger partial charge in [-0.3, -0.25) is 9.59 Å². The Morgan fingerprint density at radius 1 is 1.10 bits per heavy atom. The van der Waals surface area contributed by atoms with Gasteiger partial charge in [0.25, 0.3) is 5.91 Å². The fourth-order valence-electron chi connectivity index (χ4n) is 5.40. The van der Waals surface area contributed by atoms with Gasteiger partial charge in [0, 0.05) is 55.8 Å². The van der Waals surface area contributed by atoms with Crippen molar-refractivity contribution in [2.75, 3.05) is 46.0 Å². The van der Waals surface area contributed by atoms with E-state index in [1.807, 2.05) is 0 Å². The maximum absolute atomic E-state index is 13.2. The summed E-state index contributed by atoms with van der Waals surface area (Å²) in [4.78, 5) is 29.6. The summed E-state index contributed by atoms with van der Waals surface area (Å²) < 4.78 is 26.1. The van der Waals surface area contributed by atoms with Crippen LogP contribution in [0.3, 0.4) is 0 Å². The van der Waals surface area contributed by atoms with Crippen LogP contribution in [0, 0.1) is 10.8 Å². The fourth-order valence-corrected chi connectivity index (χ4v) is 6.52. The van der Waals surface area contributed by atoms with Crippen molar-refractivity contribution in [2.24, 2.45) is 10.8 Å². The minimum atomic E-state index is -3.39. The number of hydrogen-bond acceptors (Lipinski definition) is 4. The highest BCUT2D eigenvalue weighted by Gasteiger charge is 2.66. The van der Waals surface area contributed by atoms with Gasteiger partial charge in [0.05, 0.1) is 11.7 Å². The standard InChI is InChI=1S/C20H26ClN3O4S/c1-22-9-8-20(18(22)26)14-24(29(2,27)28)13-19(20)6-10-23(11-7-19)17(25)15-4-3-5-16(21)12-15/h3-5,12H,6-11,13-14H2,1-2H3. The summed E-state index contributed by atoms with van der Waals surface area (Å²) in [6.45, 7) is 2.24. The van der Waals surface area contributed by atoms with Gasteiger partial charge in [0.15, 0.2) is 0 Å². The number of amides is 2.